The molecule has 3 aliphatic rings. The largest absolute Gasteiger partial charge is 0.504 e. The van der Waals surface area contributed by atoms with Crippen molar-refractivity contribution in [3.63, 3.8) is 0 Å². The lowest BCUT2D eigenvalue weighted by Gasteiger charge is -2.43. The molecule has 1 aromatic carbocycles. The number of aryl methyl sites for hydroxylation is 1. The van der Waals surface area contributed by atoms with Crippen molar-refractivity contribution in [1.82, 2.24) is 0 Å². The molecule has 4 nitrogen and oxygen atoms in total. The molecule has 1 heterocycles. The molecular formula is C23H40NO3+. The maximum absolute atomic E-state index is 10.3. The van der Waals surface area contributed by atoms with Crippen molar-refractivity contribution in [1.29, 1.82) is 0 Å². The summed E-state index contributed by atoms with van der Waals surface area (Å²) in [5, 5.41) is 22.6. The number of hydrogen-bond donors (Lipinski definition) is 3. The van der Waals surface area contributed by atoms with Gasteiger partial charge in [-0.3, -0.25) is 0 Å². The van der Waals surface area contributed by atoms with Crippen molar-refractivity contribution >= 4 is 0 Å². The van der Waals surface area contributed by atoms with Gasteiger partial charge in [-0.05, 0) is 49.7 Å². The maximum Gasteiger partial charge on any atom is 0.165 e. The maximum atomic E-state index is 10.3. The van der Waals surface area contributed by atoms with Gasteiger partial charge in [0.2, 0.25) is 0 Å². The summed E-state index contributed by atoms with van der Waals surface area (Å²) in [5.41, 5.74) is 2.14. The zero-order chi connectivity index (χ0) is 20.2. The van der Waals surface area contributed by atoms with E-state index in [1.54, 1.807) is 6.07 Å². The Hall–Kier alpha value is -1.26. The third-order valence-electron chi connectivity index (χ3n) is 6.51. The van der Waals surface area contributed by atoms with Crippen LogP contribution in [0.15, 0.2) is 12.1 Å². The summed E-state index contributed by atoms with van der Waals surface area (Å²) in [6.45, 7) is 11.9. The fraction of sp³-hybridized carbons (Fsp3) is 0.739. The molecule has 2 fully saturated rings. The number of aromatic hydroxyl groups is 1. The Labute approximate surface area is 165 Å². The highest BCUT2D eigenvalue weighted by molar-refractivity contribution is 5.58. The first-order chi connectivity index (χ1) is 12.9. The number of aliphatic hydroxyl groups is 1. The van der Waals surface area contributed by atoms with E-state index in [0.717, 1.165) is 30.7 Å². The van der Waals surface area contributed by atoms with Crippen molar-refractivity contribution in [3.8, 4) is 11.5 Å². The molecule has 1 aliphatic heterocycles. The Kier molecular flexibility index (Phi) is 7.58. The van der Waals surface area contributed by atoms with E-state index < -0.39 is 6.10 Å². The van der Waals surface area contributed by atoms with Crippen LogP contribution in [-0.4, -0.2) is 36.0 Å². The van der Waals surface area contributed by atoms with Gasteiger partial charge in [0.1, 0.15) is 6.10 Å². The van der Waals surface area contributed by atoms with Crippen molar-refractivity contribution in [3.05, 3.63) is 23.3 Å². The Bertz CT molecular complexity index is 614. The second-order valence-corrected chi connectivity index (χ2v) is 8.26. The lowest BCUT2D eigenvalue weighted by Crippen LogP contribution is -2.80. The summed E-state index contributed by atoms with van der Waals surface area (Å²) in [6.07, 6.45) is 4.99. The second-order valence-electron chi connectivity index (χ2n) is 8.26. The molecule has 0 amide bonds. The van der Waals surface area contributed by atoms with Gasteiger partial charge in [0.15, 0.2) is 11.5 Å². The van der Waals surface area contributed by atoms with Crippen molar-refractivity contribution in [2.75, 3.05) is 13.6 Å². The van der Waals surface area contributed by atoms with Crippen LogP contribution in [0.5, 0.6) is 11.5 Å². The Morgan fingerprint density at radius 2 is 1.85 bits per heavy atom. The summed E-state index contributed by atoms with van der Waals surface area (Å²) in [6, 6.07) is 3.69. The average Bonchev–Trinajstić information content (AvgIpc) is 3.43. The molecule has 0 radical (unpaired) electrons. The molecule has 0 aromatic heterocycles. The van der Waals surface area contributed by atoms with Crippen LogP contribution in [0.4, 0.5) is 0 Å². The Morgan fingerprint density at radius 1 is 1.19 bits per heavy atom. The summed E-state index contributed by atoms with van der Waals surface area (Å²) < 4.78 is 5.97. The van der Waals surface area contributed by atoms with E-state index in [0.29, 0.717) is 11.7 Å². The molecule has 27 heavy (non-hydrogen) atoms. The van der Waals surface area contributed by atoms with Gasteiger partial charge < -0.3 is 20.3 Å². The van der Waals surface area contributed by atoms with E-state index in [4.69, 9.17) is 4.74 Å². The lowest BCUT2D eigenvalue weighted by atomic mass is 9.62. The third kappa shape index (κ3) is 4.27. The van der Waals surface area contributed by atoms with E-state index in [-0.39, 0.29) is 17.3 Å². The first-order valence-electron chi connectivity index (χ1n) is 10.9. The first kappa shape index (κ1) is 22.0. The molecule has 0 saturated heterocycles. The zero-order valence-electron chi connectivity index (χ0n) is 18.1. The molecular weight excluding hydrogens is 338 g/mol. The van der Waals surface area contributed by atoms with Gasteiger partial charge in [0.25, 0.3) is 0 Å². The monoisotopic (exact) mass is 378 g/mol. The summed E-state index contributed by atoms with van der Waals surface area (Å²) >= 11 is 0. The molecule has 0 spiro atoms. The molecule has 1 aromatic rings. The number of benzene rings is 1. The second kappa shape index (κ2) is 9.29. The van der Waals surface area contributed by atoms with Crippen molar-refractivity contribution in [2.45, 2.75) is 84.3 Å². The minimum atomic E-state index is -0.447. The number of nitrogens with two attached hydrogens (primary N) is 1. The zero-order valence-corrected chi connectivity index (χ0v) is 18.1. The molecule has 4 heteroatoms. The predicted molar refractivity (Wildman–Crippen MR) is 110 cm³/mol. The number of quaternary nitrogens is 1. The minimum absolute atomic E-state index is 0.197. The van der Waals surface area contributed by atoms with Crippen LogP contribution in [0.3, 0.4) is 0 Å². The van der Waals surface area contributed by atoms with Crippen LogP contribution < -0.4 is 10.1 Å². The van der Waals surface area contributed by atoms with Crippen LogP contribution in [0.2, 0.25) is 0 Å². The van der Waals surface area contributed by atoms with Gasteiger partial charge in [-0.25, -0.2) is 0 Å². The molecule has 4 N–H and O–H groups in total. The fourth-order valence-electron chi connectivity index (χ4n) is 4.57. The minimum Gasteiger partial charge on any atom is -0.504 e. The molecule has 4 atom stereocenters. The number of fused-ring (bicyclic) bond motifs is 3. The highest BCUT2D eigenvalue weighted by Crippen LogP contribution is 2.56. The molecule has 0 bridgehead atoms. The smallest absolute Gasteiger partial charge is 0.165 e. The predicted octanol–water partition coefficient (Wildman–Crippen LogP) is 3.38. The molecule has 4 rings (SSSR count). The van der Waals surface area contributed by atoms with Crippen molar-refractivity contribution < 1.29 is 20.3 Å². The average molecular weight is 379 g/mol. The Morgan fingerprint density at radius 3 is 2.37 bits per heavy atom. The normalized spacial score (nSPS) is 30.7. The topological polar surface area (TPSA) is 66.3 Å². The van der Waals surface area contributed by atoms with Crippen molar-refractivity contribution in [2.24, 2.45) is 11.8 Å². The van der Waals surface area contributed by atoms with Crippen LogP contribution in [-0.2, 0) is 11.8 Å². The number of hydrogen-bond acceptors (Lipinski definition) is 3. The van der Waals surface area contributed by atoms with Gasteiger partial charge in [0, 0.05) is 16.9 Å². The standard InChI is InChI=1S/C16H22O3.C5H11N.C2H6/c1-4-10-6-8-11(17)14-13(10)16(3)9(2)5-7-12(18)15(16)19-14;1-6-4-5-2-3-5;1-2/h6,8-9,12,15,17-18H,4-5,7H2,1-3H3;5-6H,2-4H2,1H3;1-2H3/p+1/t9?,12?,15-,16?;;/m0../s1. The number of rotatable bonds is 3. The molecule has 3 unspecified atom stereocenters. The van der Waals surface area contributed by atoms with E-state index in [1.165, 1.54) is 24.9 Å². The number of ether oxygens (including phenoxy) is 1. The van der Waals surface area contributed by atoms with Gasteiger partial charge in [0.05, 0.1) is 19.7 Å². The number of phenolic OH excluding ortho intramolecular Hbond substituents is 1. The summed E-state index contributed by atoms with van der Waals surface area (Å²) in [5.74, 6) is 2.33. The van der Waals surface area contributed by atoms with E-state index in [1.807, 2.05) is 19.9 Å². The van der Waals surface area contributed by atoms with E-state index >= 15 is 0 Å². The lowest BCUT2D eigenvalue weighted by molar-refractivity contribution is -0.629. The van der Waals surface area contributed by atoms with E-state index in [2.05, 4.69) is 33.1 Å². The highest BCUT2D eigenvalue weighted by atomic mass is 16.5. The first-order valence-corrected chi connectivity index (χ1v) is 10.9. The molecule has 2 saturated carbocycles. The van der Waals surface area contributed by atoms with Gasteiger partial charge in [-0.15, -0.1) is 0 Å². The van der Waals surface area contributed by atoms with Crippen LogP contribution >= 0.6 is 0 Å². The SMILES string of the molecule is CC.CCc1ccc(O)c2c1C1(C)C(C)CCC(O)[C@@H]1O2.C[NH2+]CC1CC1. The van der Waals surface area contributed by atoms with Crippen LogP contribution in [0.1, 0.15) is 71.4 Å². The molecule has 154 valence electrons. The molecule has 2 aliphatic carbocycles. The van der Waals surface area contributed by atoms with Gasteiger partial charge in [-0.1, -0.05) is 40.7 Å². The van der Waals surface area contributed by atoms with E-state index in [9.17, 15) is 10.2 Å². The highest BCUT2D eigenvalue weighted by Gasteiger charge is 2.55. The quantitative estimate of drug-likeness (QED) is 0.755. The summed E-state index contributed by atoms with van der Waals surface area (Å²) in [4.78, 5) is 0. The van der Waals surface area contributed by atoms with Gasteiger partial charge in [-0.2, -0.15) is 0 Å². The number of aliphatic hydroxyl groups excluding tert-OH is 1. The number of phenols is 1. The van der Waals surface area contributed by atoms with Crippen LogP contribution in [0.25, 0.3) is 0 Å². The third-order valence-corrected chi connectivity index (χ3v) is 6.51. The Balaban J connectivity index is 0.000000275. The van der Waals surface area contributed by atoms with Crippen LogP contribution in [0, 0.1) is 11.8 Å². The fourth-order valence-corrected chi connectivity index (χ4v) is 4.57. The summed E-state index contributed by atoms with van der Waals surface area (Å²) in [7, 11) is 2.14. The van der Waals surface area contributed by atoms with Gasteiger partial charge >= 0.3 is 0 Å².